The van der Waals surface area contributed by atoms with Gasteiger partial charge < -0.3 is 5.11 Å². The Labute approximate surface area is 78.0 Å². The van der Waals surface area contributed by atoms with Gasteiger partial charge in [0.15, 0.2) is 0 Å². The number of hydrogen-bond donors (Lipinski definition) is 1. The molecule has 0 aromatic heterocycles. The molecular formula is C9H7F3O2. The minimum atomic E-state index is -4.95. The Morgan fingerprint density at radius 3 is 2.43 bits per heavy atom. The molecule has 1 aromatic rings. The lowest BCUT2D eigenvalue weighted by atomic mass is 10.1. The van der Waals surface area contributed by atoms with E-state index >= 15 is 0 Å². The molecule has 0 aliphatic rings. The molecule has 0 amide bonds. The zero-order chi connectivity index (χ0) is 10.9. The summed E-state index contributed by atoms with van der Waals surface area (Å²) in [6.07, 6.45) is -4.95. The molecule has 76 valence electrons. The Balaban J connectivity index is 3.19. The predicted molar refractivity (Wildman–Crippen MR) is 43.2 cm³/mol. The lowest BCUT2D eigenvalue weighted by molar-refractivity contribution is -0.0886. The van der Waals surface area contributed by atoms with Crippen LogP contribution < -0.4 is 0 Å². The summed E-state index contributed by atoms with van der Waals surface area (Å²) in [6.45, 7) is 1.53. The van der Waals surface area contributed by atoms with Crippen molar-refractivity contribution in [2.45, 2.75) is 13.1 Å². The van der Waals surface area contributed by atoms with Crippen LogP contribution in [-0.2, 0) is 0 Å². The maximum absolute atomic E-state index is 12.0. The van der Waals surface area contributed by atoms with E-state index in [0.29, 0.717) is 5.56 Å². The molecule has 2 nitrogen and oxygen atoms in total. The van der Waals surface area contributed by atoms with Gasteiger partial charge >= 0.3 is 6.18 Å². The molecule has 0 heterocycles. The monoisotopic (exact) mass is 204 g/mol. The van der Waals surface area contributed by atoms with Crippen LogP contribution in [0.15, 0.2) is 18.2 Å². The number of benzene rings is 1. The first kappa shape index (κ1) is 10.6. The molecule has 14 heavy (non-hydrogen) atoms. The third-order valence-electron chi connectivity index (χ3n) is 1.65. The zero-order valence-electron chi connectivity index (χ0n) is 7.22. The SMILES string of the molecule is Cc1ccc(O)c(C(=O)C(F)(F)F)c1. The van der Waals surface area contributed by atoms with Gasteiger partial charge in [0.1, 0.15) is 5.75 Å². The van der Waals surface area contributed by atoms with Crippen molar-refractivity contribution in [2.24, 2.45) is 0 Å². The highest BCUT2D eigenvalue weighted by Gasteiger charge is 2.40. The van der Waals surface area contributed by atoms with Crippen molar-refractivity contribution < 1.29 is 23.1 Å². The van der Waals surface area contributed by atoms with Crippen LogP contribution >= 0.6 is 0 Å². The average molecular weight is 204 g/mol. The summed E-state index contributed by atoms with van der Waals surface area (Å²) < 4.78 is 36.0. The van der Waals surface area contributed by atoms with E-state index in [2.05, 4.69) is 0 Å². The Hall–Kier alpha value is -1.52. The molecule has 0 radical (unpaired) electrons. The van der Waals surface area contributed by atoms with Crippen molar-refractivity contribution in [1.29, 1.82) is 0 Å². The number of aryl methyl sites for hydroxylation is 1. The Kier molecular flexibility index (Phi) is 2.51. The summed E-state index contributed by atoms with van der Waals surface area (Å²) in [4.78, 5) is 10.8. The summed E-state index contributed by atoms with van der Waals surface area (Å²) in [6, 6.07) is 3.49. The molecule has 0 saturated carbocycles. The summed E-state index contributed by atoms with van der Waals surface area (Å²) in [5.74, 6) is -2.68. The van der Waals surface area contributed by atoms with Gasteiger partial charge in [0, 0.05) is 0 Å². The molecule has 0 aliphatic heterocycles. The van der Waals surface area contributed by atoms with E-state index in [9.17, 15) is 18.0 Å². The lowest BCUT2D eigenvalue weighted by Gasteiger charge is -2.07. The lowest BCUT2D eigenvalue weighted by Crippen LogP contribution is -2.22. The second kappa shape index (κ2) is 3.32. The number of hydrogen-bond acceptors (Lipinski definition) is 2. The molecule has 1 rings (SSSR count). The number of carbonyl (C=O) groups is 1. The number of aromatic hydroxyl groups is 1. The molecular weight excluding hydrogens is 197 g/mol. The maximum atomic E-state index is 12.0. The van der Waals surface area contributed by atoms with Crippen molar-refractivity contribution >= 4 is 5.78 Å². The van der Waals surface area contributed by atoms with Crippen LogP contribution in [0.4, 0.5) is 13.2 Å². The van der Waals surface area contributed by atoms with Crippen molar-refractivity contribution in [3.8, 4) is 5.75 Å². The fourth-order valence-electron chi connectivity index (χ4n) is 0.984. The van der Waals surface area contributed by atoms with Gasteiger partial charge in [-0.25, -0.2) is 0 Å². The number of alkyl halides is 3. The zero-order valence-corrected chi connectivity index (χ0v) is 7.22. The number of phenolic OH excluding ortho intramolecular Hbond substituents is 1. The van der Waals surface area contributed by atoms with Gasteiger partial charge in [-0.05, 0) is 19.1 Å². The van der Waals surface area contributed by atoms with Crippen LogP contribution in [0.25, 0.3) is 0 Å². The standard InChI is InChI=1S/C9H7F3O2/c1-5-2-3-7(13)6(4-5)8(14)9(10,11)12/h2-4,13H,1H3. The average Bonchev–Trinajstić information content (AvgIpc) is 2.06. The van der Waals surface area contributed by atoms with E-state index in [4.69, 9.17) is 5.11 Å². The number of carbonyl (C=O) groups excluding carboxylic acids is 1. The van der Waals surface area contributed by atoms with Gasteiger partial charge in [0.2, 0.25) is 0 Å². The first-order chi connectivity index (χ1) is 6.32. The Bertz CT molecular complexity index is 369. The topological polar surface area (TPSA) is 37.3 Å². The molecule has 0 aliphatic carbocycles. The van der Waals surface area contributed by atoms with Crippen LogP contribution in [0, 0.1) is 6.92 Å². The fourth-order valence-corrected chi connectivity index (χ4v) is 0.984. The van der Waals surface area contributed by atoms with Gasteiger partial charge in [-0.15, -0.1) is 0 Å². The molecule has 5 heteroatoms. The van der Waals surface area contributed by atoms with Gasteiger partial charge in [-0.3, -0.25) is 4.79 Å². The van der Waals surface area contributed by atoms with Gasteiger partial charge in [0.05, 0.1) is 5.56 Å². The van der Waals surface area contributed by atoms with Gasteiger partial charge in [-0.1, -0.05) is 11.6 Å². The smallest absolute Gasteiger partial charge is 0.455 e. The van der Waals surface area contributed by atoms with E-state index < -0.39 is 23.3 Å². The van der Waals surface area contributed by atoms with Crippen molar-refractivity contribution in [3.63, 3.8) is 0 Å². The highest BCUT2D eigenvalue weighted by molar-refractivity contribution is 6.02. The number of Topliss-reactive ketones (excluding diaryl/α,β-unsaturated/α-hetero) is 1. The molecule has 0 spiro atoms. The van der Waals surface area contributed by atoms with E-state index in [1.54, 1.807) is 0 Å². The maximum Gasteiger partial charge on any atom is 0.455 e. The number of rotatable bonds is 1. The summed E-state index contributed by atoms with van der Waals surface area (Å²) in [7, 11) is 0. The normalized spacial score (nSPS) is 11.4. The first-order valence-corrected chi connectivity index (χ1v) is 3.73. The first-order valence-electron chi connectivity index (χ1n) is 3.73. The van der Waals surface area contributed by atoms with Crippen molar-refractivity contribution in [2.75, 3.05) is 0 Å². The molecule has 0 atom stereocenters. The molecule has 0 fully saturated rings. The van der Waals surface area contributed by atoms with Gasteiger partial charge in [-0.2, -0.15) is 13.2 Å². The number of phenols is 1. The summed E-state index contributed by atoms with van der Waals surface area (Å²) in [5, 5.41) is 9.05. The van der Waals surface area contributed by atoms with Crippen LogP contribution in [-0.4, -0.2) is 17.1 Å². The van der Waals surface area contributed by atoms with Crippen LogP contribution in [0.1, 0.15) is 15.9 Å². The second-order valence-electron chi connectivity index (χ2n) is 2.85. The molecule has 0 saturated heterocycles. The molecule has 1 N–H and O–H groups in total. The Morgan fingerprint density at radius 2 is 1.93 bits per heavy atom. The van der Waals surface area contributed by atoms with Crippen LogP contribution in [0.5, 0.6) is 5.75 Å². The highest BCUT2D eigenvalue weighted by atomic mass is 19.4. The number of ketones is 1. The molecule has 1 aromatic carbocycles. The van der Waals surface area contributed by atoms with Crippen LogP contribution in [0.2, 0.25) is 0 Å². The fraction of sp³-hybridized carbons (Fsp3) is 0.222. The van der Waals surface area contributed by atoms with Crippen molar-refractivity contribution in [1.82, 2.24) is 0 Å². The molecule has 0 bridgehead atoms. The van der Waals surface area contributed by atoms with Crippen LogP contribution in [0.3, 0.4) is 0 Å². The summed E-state index contributed by atoms with van der Waals surface area (Å²) >= 11 is 0. The van der Waals surface area contributed by atoms with Crippen molar-refractivity contribution in [3.05, 3.63) is 29.3 Å². The highest BCUT2D eigenvalue weighted by Crippen LogP contribution is 2.27. The quantitative estimate of drug-likeness (QED) is 0.713. The van der Waals surface area contributed by atoms with E-state index in [0.717, 1.165) is 12.1 Å². The molecule has 0 unspecified atom stereocenters. The minimum absolute atomic E-state index is 0.482. The largest absolute Gasteiger partial charge is 0.507 e. The predicted octanol–water partition coefficient (Wildman–Crippen LogP) is 2.45. The van der Waals surface area contributed by atoms with E-state index in [1.165, 1.54) is 13.0 Å². The summed E-state index contributed by atoms with van der Waals surface area (Å²) in [5.41, 5.74) is -0.229. The van der Waals surface area contributed by atoms with E-state index in [1.807, 2.05) is 0 Å². The minimum Gasteiger partial charge on any atom is -0.507 e. The van der Waals surface area contributed by atoms with Gasteiger partial charge in [0.25, 0.3) is 5.78 Å². The third-order valence-corrected chi connectivity index (χ3v) is 1.65. The van der Waals surface area contributed by atoms with E-state index in [-0.39, 0.29) is 0 Å². The second-order valence-corrected chi connectivity index (χ2v) is 2.85. The third kappa shape index (κ3) is 2.04. The Morgan fingerprint density at radius 1 is 1.36 bits per heavy atom. The number of halogens is 3.